The predicted molar refractivity (Wildman–Crippen MR) is 192 cm³/mol. The van der Waals surface area contributed by atoms with Gasteiger partial charge in [0, 0.05) is 22.1 Å². The third-order valence-corrected chi connectivity index (χ3v) is 9.65. The average Bonchev–Trinajstić information content (AvgIpc) is 3.64. The highest BCUT2D eigenvalue weighted by atomic mass is 16.3. The second-order valence-electron chi connectivity index (χ2n) is 12.4. The number of furan rings is 1. The van der Waals surface area contributed by atoms with Gasteiger partial charge in [0.1, 0.15) is 17.0 Å². The monoisotopic (exact) mass is 617 g/mol. The van der Waals surface area contributed by atoms with E-state index in [2.05, 4.69) is 90.7 Å². The van der Waals surface area contributed by atoms with Crippen molar-refractivity contribution in [1.82, 2.24) is 19.9 Å². The fourth-order valence-corrected chi connectivity index (χ4v) is 7.27. The highest BCUT2D eigenvalue weighted by Crippen LogP contribution is 2.51. The Balaban J connectivity index is 1.17. The number of hydrogen-bond donors (Lipinski definition) is 0. The van der Waals surface area contributed by atoms with Gasteiger partial charge in [0.2, 0.25) is 0 Å². The maximum absolute atomic E-state index is 6.50. The Morgan fingerprint density at radius 2 is 1.00 bits per heavy atom. The van der Waals surface area contributed by atoms with E-state index in [1.54, 1.807) is 0 Å². The number of nitrogens with zero attached hydrogens (tertiary/aromatic N) is 5. The van der Waals surface area contributed by atoms with E-state index in [-0.39, 0.29) is 0 Å². The highest BCUT2D eigenvalue weighted by Gasteiger charge is 2.46. The Labute approximate surface area is 276 Å². The first-order valence-corrected chi connectivity index (χ1v) is 16.1. The molecule has 9 aromatic rings. The van der Waals surface area contributed by atoms with Crippen LogP contribution in [0.5, 0.6) is 0 Å². The number of aromatic nitrogens is 4. The molecule has 0 spiro atoms. The lowest BCUT2D eigenvalue weighted by Crippen LogP contribution is -2.25. The summed E-state index contributed by atoms with van der Waals surface area (Å²) in [6, 6.07) is 49.7. The van der Waals surface area contributed by atoms with Gasteiger partial charge in [-0.3, -0.25) is 0 Å². The van der Waals surface area contributed by atoms with Gasteiger partial charge in [-0.15, -0.1) is 0 Å². The standard InChI is InChI=1S/C42H27N5O/c1-42(40-37(43-31-16-6-8-18-33(31)45-40)38-41(42)46-34-19-9-7-17-32(34)44-38)26-22-24-28(25-23-26)47(27-12-3-2-4-13-27)35-20-11-15-30-29-14-5-10-21-36(29)48-39(30)35/h2-25H,1H3. The zero-order valence-electron chi connectivity index (χ0n) is 26.0. The molecule has 0 fully saturated rings. The molecule has 6 aromatic carbocycles. The van der Waals surface area contributed by atoms with Gasteiger partial charge in [0.25, 0.3) is 0 Å². The zero-order valence-corrected chi connectivity index (χ0v) is 26.0. The summed E-state index contributed by atoms with van der Waals surface area (Å²) in [5, 5.41) is 2.19. The van der Waals surface area contributed by atoms with E-state index in [0.717, 1.165) is 89.4 Å². The summed E-state index contributed by atoms with van der Waals surface area (Å²) in [5.74, 6) is 0. The number of fused-ring (bicyclic) bond motifs is 8. The van der Waals surface area contributed by atoms with Crippen molar-refractivity contribution in [3.8, 4) is 11.4 Å². The quantitative estimate of drug-likeness (QED) is 0.196. The average molecular weight is 618 g/mol. The van der Waals surface area contributed by atoms with Crippen molar-refractivity contribution in [3.63, 3.8) is 0 Å². The maximum Gasteiger partial charge on any atom is 0.159 e. The molecule has 0 bridgehead atoms. The van der Waals surface area contributed by atoms with E-state index >= 15 is 0 Å². The molecule has 10 rings (SSSR count). The molecule has 0 saturated heterocycles. The first-order chi connectivity index (χ1) is 23.7. The SMILES string of the molecule is CC1(c2ccc(N(c3ccccc3)c3cccc4c3oc3ccccc34)cc2)c2nc3ccccc3nc2-c2nc3ccccc3nc21. The molecule has 0 radical (unpaired) electrons. The second kappa shape index (κ2) is 10.0. The van der Waals surface area contributed by atoms with Gasteiger partial charge >= 0.3 is 0 Å². The van der Waals surface area contributed by atoms with E-state index < -0.39 is 5.41 Å². The fraction of sp³-hybridized carbons (Fsp3) is 0.0476. The summed E-state index contributed by atoms with van der Waals surface area (Å²) in [6.07, 6.45) is 0. The van der Waals surface area contributed by atoms with E-state index in [4.69, 9.17) is 24.4 Å². The normalized spacial score (nSPS) is 13.3. The molecule has 3 aromatic heterocycles. The number of rotatable bonds is 4. The van der Waals surface area contributed by atoms with Crippen molar-refractivity contribution in [2.75, 3.05) is 4.90 Å². The lowest BCUT2D eigenvalue weighted by molar-refractivity contribution is 0.666. The Morgan fingerprint density at radius 1 is 0.479 bits per heavy atom. The van der Waals surface area contributed by atoms with Crippen LogP contribution in [-0.2, 0) is 5.41 Å². The van der Waals surface area contributed by atoms with Gasteiger partial charge in [0.15, 0.2) is 5.58 Å². The van der Waals surface area contributed by atoms with Crippen molar-refractivity contribution >= 4 is 61.1 Å². The molecule has 0 amide bonds. The molecule has 0 saturated carbocycles. The molecule has 1 aliphatic carbocycles. The third-order valence-electron chi connectivity index (χ3n) is 9.65. The summed E-state index contributed by atoms with van der Waals surface area (Å²) >= 11 is 0. The Bertz CT molecular complexity index is 2610. The molecular formula is C42H27N5O. The molecule has 1 aliphatic rings. The number of anilines is 3. The van der Waals surface area contributed by atoms with Crippen molar-refractivity contribution in [1.29, 1.82) is 0 Å². The molecule has 0 aliphatic heterocycles. The molecule has 0 N–H and O–H groups in total. The molecule has 0 unspecified atom stereocenters. The smallest absolute Gasteiger partial charge is 0.159 e. The van der Waals surface area contributed by atoms with Crippen molar-refractivity contribution in [2.45, 2.75) is 12.3 Å². The first kappa shape index (κ1) is 26.8. The summed E-state index contributed by atoms with van der Waals surface area (Å²) in [6.45, 7) is 2.20. The van der Waals surface area contributed by atoms with Crippen molar-refractivity contribution < 1.29 is 4.42 Å². The minimum absolute atomic E-state index is 0.673. The summed E-state index contributed by atoms with van der Waals surface area (Å²) in [4.78, 5) is 23.0. The maximum atomic E-state index is 6.50. The minimum atomic E-state index is -0.673. The number of benzene rings is 6. The van der Waals surface area contributed by atoms with Gasteiger partial charge in [-0.2, -0.15) is 0 Å². The van der Waals surface area contributed by atoms with E-state index in [1.807, 2.05) is 66.7 Å². The van der Waals surface area contributed by atoms with E-state index in [1.165, 1.54) is 0 Å². The van der Waals surface area contributed by atoms with Crippen LogP contribution in [0.25, 0.3) is 55.4 Å². The van der Waals surface area contributed by atoms with Gasteiger partial charge in [-0.25, -0.2) is 19.9 Å². The molecule has 3 heterocycles. The Morgan fingerprint density at radius 3 is 1.65 bits per heavy atom. The first-order valence-electron chi connectivity index (χ1n) is 16.1. The van der Waals surface area contributed by atoms with Crippen LogP contribution >= 0.6 is 0 Å². The summed E-state index contributed by atoms with van der Waals surface area (Å²) in [5.41, 5.74) is 11.8. The van der Waals surface area contributed by atoms with Crippen LogP contribution < -0.4 is 4.90 Å². The molecule has 48 heavy (non-hydrogen) atoms. The Hall–Kier alpha value is -6.40. The Kier molecular flexibility index (Phi) is 5.61. The lowest BCUT2D eigenvalue weighted by atomic mass is 9.79. The minimum Gasteiger partial charge on any atom is -0.454 e. The van der Waals surface area contributed by atoms with Gasteiger partial charge in [-0.1, -0.05) is 84.9 Å². The van der Waals surface area contributed by atoms with Crippen molar-refractivity contribution in [3.05, 3.63) is 163 Å². The van der Waals surface area contributed by atoms with Crippen LogP contribution in [-0.4, -0.2) is 19.9 Å². The second-order valence-corrected chi connectivity index (χ2v) is 12.4. The molecule has 6 nitrogen and oxygen atoms in total. The third kappa shape index (κ3) is 3.80. The van der Waals surface area contributed by atoms with E-state index in [0.29, 0.717) is 0 Å². The summed E-state index contributed by atoms with van der Waals surface area (Å²) in [7, 11) is 0. The molecule has 0 atom stereocenters. The van der Waals surface area contributed by atoms with Crippen LogP contribution in [0, 0.1) is 0 Å². The van der Waals surface area contributed by atoms with Crippen LogP contribution in [0.15, 0.2) is 150 Å². The van der Waals surface area contributed by atoms with Crippen LogP contribution in [0.2, 0.25) is 0 Å². The van der Waals surface area contributed by atoms with E-state index in [9.17, 15) is 0 Å². The van der Waals surface area contributed by atoms with Crippen molar-refractivity contribution in [2.24, 2.45) is 0 Å². The molecule has 226 valence electrons. The van der Waals surface area contributed by atoms with Crippen LogP contribution in [0.3, 0.4) is 0 Å². The molecule has 6 heteroatoms. The lowest BCUT2D eigenvalue weighted by Gasteiger charge is -2.28. The topological polar surface area (TPSA) is 67.9 Å². The van der Waals surface area contributed by atoms with Crippen LogP contribution in [0.1, 0.15) is 23.9 Å². The fourth-order valence-electron chi connectivity index (χ4n) is 7.27. The predicted octanol–water partition coefficient (Wildman–Crippen LogP) is 10.3. The largest absolute Gasteiger partial charge is 0.454 e. The van der Waals surface area contributed by atoms with Gasteiger partial charge in [-0.05, 0) is 73.2 Å². The number of para-hydroxylation sites is 7. The highest BCUT2D eigenvalue weighted by molar-refractivity contribution is 6.10. The zero-order chi connectivity index (χ0) is 31.8. The van der Waals surface area contributed by atoms with Gasteiger partial charge < -0.3 is 9.32 Å². The number of hydrogen-bond acceptors (Lipinski definition) is 6. The molecular weight excluding hydrogens is 590 g/mol. The van der Waals surface area contributed by atoms with Crippen LogP contribution in [0.4, 0.5) is 17.1 Å². The summed E-state index contributed by atoms with van der Waals surface area (Å²) < 4.78 is 6.50. The van der Waals surface area contributed by atoms with Gasteiger partial charge in [0.05, 0.1) is 44.6 Å².